The zero-order valence-electron chi connectivity index (χ0n) is 13.9. The molecule has 1 atom stereocenters. The van der Waals surface area contributed by atoms with Crippen molar-refractivity contribution in [1.29, 1.82) is 0 Å². The van der Waals surface area contributed by atoms with Gasteiger partial charge in [0.15, 0.2) is 6.10 Å². The maximum Gasteiger partial charge on any atom is 0.279 e. The van der Waals surface area contributed by atoms with Crippen molar-refractivity contribution in [1.82, 2.24) is 10.9 Å². The van der Waals surface area contributed by atoms with Gasteiger partial charge in [-0.15, -0.1) is 11.8 Å². The Labute approximate surface area is 149 Å². The van der Waals surface area contributed by atoms with Gasteiger partial charge in [-0.2, -0.15) is 0 Å². The first-order chi connectivity index (χ1) is 12.0. The Morgan fingerprint density at radius 1 is 1.12 bits per heavy atom. The number of ether oxygens (including phenoxy) is 1. The highest BCUT2D eigenvalue weighted by Crippen LogP contribution is 2.21. The first-order valence-corrected chi connectivity index (χ1v) is 8.63. The molecule has 2 aromatic rings. The van der Waals surface area contributed by atoms with Gasteiger partial charge in [0.2, 0.25) is 5.91 Å². The van der Waals surface area contributed by atoms with E-state index in [1.807, 2.05) is 31.2 Å². The Hall–Kier alpha value is -2.54. The Kier molecular flexibility index (Phi) is 6.82. The molecule has 2 N–H and O–H groups in total. The number of carbonyl (C=O) groups excluding carboxylic acids is 2. The molecular weight excluding hydrogens is 343 g/mol. The number of aryl methyl sites for hydroxylation is 1. The van der Waals surface area contributed by atoms with E-state index in [0.29, 0.717) is 5.75 Å². The molecule has 2 aromatic carbocycles. The Balaban J connectivity index is 1.74. The van der Waals surface area contributed by atoms with Crippen LogP contribution < -0.4 is 15.6 Å². The molecule has 0 saturated heterocycles. The van der Waals surface area contributed by atoms with E-state index in [9.17, 15) is 14.0 Å². The number of carbonyl (C=O) groups is 2. The van der Waals surface area contributed by atoms with E-state index >= 15 is 0 Å². The number of rotatable bonds is 6. The van der Waals surface area contributed by atoms with Crippen molar-refractivity contribution in [2.75, 3.05) is 5.75 Å². The average molecular weight is 362 g/mol. The van der Waals surface area contributed by atoms with Crippen molar-refractivity contribution < 1.29 is 18.7 Å². The molecule has 0 saturated carbocycles. The molecule has 0 aromatic heterocycles. The van der Waals surface area contributed by atoms with Crippen molar-refractivity contribution >= 4 is 23.6 Å². The molecule has 0 aliphatic heterocycles. The molecule has 0 heterocycles. The monoisotopic (exact) mass is 362 g/mol. The Morgan fingerprint density at radius 3 is 2.48 bits per heavy atom. The van der Waals surface area contributed by atoms with E-state index < -0.39 is 12.0 Å². The quantitative estimate of drug-likeness (QED) is 0.613. The lowest BCUT2D eigenvalue weighted by Crippen LogP contribution is -2.47. The normalized spacial score (nSPS) is 11.5. The second kappa shape index (κ2) is 9.08. The van der Waals surface area contributed by atoms with Crippen molar-refractivity contribution in [3.63, 3.8) is 0 Å². The fourth-order valence-corrected chi connectivity index (χ4v) is 2.73. The Morgan fingerprint density at radius 2 is 1.80 bits per heavy atom. The first kappa shape index (κ1) is 18.8. The minimum absolute atomic E-state index is 0.179. The third kappa shape index (κ3) is 6.11. The van der Waals surface area contributed by atoms with Crippen LogP contribution in [0, 0.1) is 12.7 Å². The van der Waals surface area contributed by atoms with Crippen molar-refractivity contribution in [2.24, 2.45) is 0 Å². The van der Waals surface area contributed by atoms with E-state index in [2.05, 4.69) is 10.9 Å². The fourth-order valence-electron chi connectivity index (χ4n) is 1.90. The first-order valence-electron chi connectivity index (χ1n) is 7.65. The minimum Gasteiger partial charge on any atom is -0.481 e. The molecule has 25 heavy (non-hydrogen) atoms. The summed E-state index contributed by atoms with van der Waals surface area (Å²) in [6.07, 6.45) is -0.838. The maximum atomic E-state index is 12.8. The summed E-state index contributed by atoms with van der Waals surface area (Å²) >= 11 is 1.39. The molecule has 0 radical (unpaired) electrons. The summed E-state index contributed by atoms with van der Waals surface area (Å²) in [5.74, 6) is -0.666. The maximum absolute atomic E-state index is 12.8. The molecular formula is C18H19FN2O3S. The van der Waals surface area contributed by atoms with Crippen LogP contribution in [0.2, 0.25) is 0 Å². The molecule has 0 aliphatic carbocycles. The summed E-state index contributed by atoms with van der Waals surface area (Å²) in [7, 11) is 0. The molecule has 0 unspecified atom stereocenters. The SMILES string of the molecule is Cc1ccccc1SCC(=O)NNC(=O)[C@@H](C)Oc1ccc(F)cc1. The van der Waals surface area contributed by atoms with Crippen LogP contribution in [0.4, 0.5) is 4.39 Å². The second-order valence-corrected chi connectivity index (χ2v) is 6.32. The van der Waals surface area contributed by atoms with Crippen LogP contribution in [0.15, 0.2) is 53.4 Å². The van der Waals surface area contributed by atoms with Crippen LogP contribution >= 0.6 is 11.8 Å². The zero-order chi connectivity index (χ0) is 18.2. The lowest BCUT2D eigenvalue weighted by atomic mass is 10.2. The summed E-state index contributed by atoms with van der Waals surface area (Å²) < 4.78 is 18.2. The molecule has 0 spiro atoms. The van der Waals surface area contributed by atoms with Gasteiger partial charge < -0.3 is 4.74 Å². The highest BCUT2D eigenvalue weighted by Gasteiger charge is 2.15. The number of hydrazine groups is 1. The lowest BCUT2D eigenvalue weighted by Gasteiger charge is -2.15. The van der Waals surface area contributed by atoms with Crippen LogP contribution in [0.3, 0.4) is 0 Å². The fraction of sp³-hybridized carbons (Fsp3) is 0.222. The summed E-state index contributed by atoms with van der Waals surface area (Å²) in [4.78, 5) is 24.7. The van der Waals surface area contributed by atoms with Gasteiger partial charge in [-0.1, -0.05) is 18.2 Å². The highest BCUT2D eigenvalue weighted by molar-refractivity contribution is 8.00. The standard InChI is InChI=1S/C18H19FN2O3S/c1-12-5-3-4-6-16(12)25-11-17(22)20-21-18(23)13(2)24-15-9-7-14(19)8-10-15/h3-10,13H,11H2,1-2H3,(H,20,22)(H,21,23)/t13-/m1/s1. The summed E-state index contributed by atoms with van der Waals surface area (Å²) in [6, 6.07) is 13.1. The zero-order valence-corrected chi connectivity index (χ0v) is 14.7. The molecule has 0 fully saturated rings. The smallest absolute Gasteiger partial charge is 0.279 e. The third-order valence-electron chi connectivity index (χ3n) is 3.27. The average Bonchev–Trinajstić information content (AvgIpc) is 2.60. The van der Waals surface area contributed by atoms with Gasteiger partial charge in [0.05, 0.1) is 5.75 Å². The van der Waals surface area contributed by atoms with Gasteiger partial charge >= 0.3 is 0 Å². The van der Waals surface area contributed by atoms with Gasteiger partial charge in [-0.25, -0.2) is 4.39 Å². The van der Waals surface area contributed by atoms with Crippen LogP contribution in [-0.2, 0) is 9.59 Å². The number of benzene rings is 2. The predicted octanol–water partition coefficient (Wildman–Crippen LogP) is 2.84. The van der Waals surface area contributed by atoms with Gasteiger partial charge in [0.1, 0.15) is 11.6 Å². The molecule has 2 rings (SSSR count). The molecule has 132 valence electrons. The molecule has 0 bridgehead atoms. The molecule has 0 aliphatic rings. The van der Waals surface area contributed by atoms with Crippen LogP contribution in [0.25, 0.3) is 0 Å². The summed E-state index contributed by atoms with van der Waals surface area (Å²) in [5.41, 5.74) is 5.75. The van der Waals surface area contributed by atoms with Crippen molar-refractivity contribution in [2.45, 2.75) is 24.8 Å². The summed E-state index contributed by atoms with van der Waals surface area (Å²) in [6.45, 7) is 3.50. The largest absolute Gasteiger partial charge is 0.481 e. The Bertz CT molecular complexity index is 737. The minimum atomic E-state index is -0.838. The lowest BCUT2D eigenvalue weighted by molar-refractivity contribution is -0.131. The number of nitrogens with one attached hydrogen (secondary N) is 2. The number of hydrogen-bond donors (Lipinski definition) is 2. The van der Waals surface area contributed by atoms with E-state index in [1.54, 1.807) is 0 Å². The second-order valence-electron chi connectivity index (χ2n) is 5.31. The van der Waals surface area contributed by atoms with Crippen molar-refractivity contribution in [3.8, 4) is 5.75 Å². The number of halogens is 1. The number of thioether (sulfide) groups is 1. The van der Waals surface area contributed by atoms with E-state index in [4.69, 9.17) is 4.74 Å². The predicted molar refractivity (Wildman–Crippen MR) is 94.7 cm³/mol. The molecule has 7 heteroatoms. The topological polar surface area (TPSA) is 67.4 Å². The molecule has 2 amide bonds. The number of amides is 2. The van der Waals surface area contributed by atoms with Crippen LogP contribution in [0.1, 0.15) is 12.5 Å². The van der Waals surface area contributed by atoms with E-state index in [-0.39, 0.29) is 17.5 Å². The molecule has 5 nitrogen and oxygen atoms in total. The van der Waals surface area contributed by atoms with E-state index in [1.165, 1.54) is 43.0 Å². The van der Waals surface area contributed by atoms with Gasteiger partial charge in [-0.3, -0.25) is 20.4 Å². The van der Waals surface area contributed by atoms with Crippen LogP contribution in [0.5, 0.6) is 5.75 Å². The van der Waals surface area contributed by atoms with Gasteiger partial charge in [0.25, 0.3) is 5.91 Å². The number of hydrogen-bond acceptors (Lipinski definition) is 4. The third-order valence-corrected chi connectivity index (χ3v) is 4.45. The van der Waals surface area contributed by atoms with Crippen LogP contribution in [-0.4, -0.2) is 23.7 Å². The van der Waals surface area contributed by atoms with Gasteiger partial charge in [-0.05, 0) is 49.7 Å². The highest BCUT2D eigenvalue weighted by atomic mass is 32.2. The summed E-state index contributed by atoms with van der Waals surface area (Å²) in [5, 5.41) is 0. The van der Waals surface area contributed by atoms with E-state index in [0.717, 1.165) is 10.5 Å². The van der Waals surface area contributed by atoms with Crippen molar-refractivity contribution in [3.05, 3.63) is 59.9 Å². The van der Waals surface area contributed by atoms with Gasteiger partial charge in [0, 0.05) is 4.90 Å².